The average Bonchev–Trinajstić information content (AvgIpc) is 3.02. The van der Waals surface area contributed by atoms with Gasteiger partial charge in [0.2, 0.25) is 17.8 Å². The minimum Gasteiger partial charge on any atom is -0.455 e. The van der Waals surface area contributed by atoms with Crippen molar-refractivity contribution in [3.8, 4) is 22.9 Å². The number of aromatic nitrogens is 3. The summed E-state index contributed by atoms with van der Waals surface area (Å²) in [5.41, 5.74) is 2.02. The van der Waals surface area contributed by atoms with E-state index >= 15 is 4.39 Å². The number of nitrogens with zero attached hydrogens (tertiary/aromatic N) is 5. The van der Waals surface area contributed by atoms with Gasteiger partial charge in [-0.3, -0.25) is 14.5 Å². The van der Waals surface area contributed by atoms with Gasteiger partial charge in [0.25, 0.3) is 0 Å². The van der Waals surface area contributed by atoms with Crippen molar-refractivity contribution in [3.63, 3.8) is 0 Å². The molecule has 0 saturated carbocycles. The Hall–Kier alpha value is -4.77. The normalized spacial score (nSPS) is 17.0. The Kier molecular flexibility index (Phi) is 9.54. The largest absolute Gasteiger partial charge is 0.455 e. The number of hydrogen-bond acceptors (Lipinski definition) is 7. The van der Waals surface area contributed by atoms with Crippen LogP contribution in [-0.4, -0.2) is 61.7 Å². The predicted octanol–water partition coefficient (Wildman–Crippen LogP) is 4.98. The molecule has 4 aromatic rings. The molecule has 9 nitrogen and oxygen atoms in total. The van der Waals surface area contributed by atoms with Gasteiger partial charge >= 0.3 is 0 Å². The van der Waals surface area contributed by atoms with Gasteiger partial charge in [-0.05, 0) is 42.8 Å². The maximum Gasteiger partial charge on any atom is 0.244 e. The predicted molar refractivity (Wildman–Crippen MR) is 160 cm³/mol. The van der Waals surface area contributed by atoms with Gasteiger partial charge in [-0.2, -0.15) is 4.39 Å². The van der Waals surface area contributed by atoms with Crippen LogP contribution in [0.3, 0.4) is 0 Å². The zero-order valence-electron chi connectivity index (χ0n) is 24.8. The zero-order valence-corrected chi connectivity index (χ0v) is 24.8. The second-order valence-corrected chi connectivity index (χ2v) is 11.1. The van der Waals surface area contributed by atoms with Gasteiger partial charge in [0.1, 0.15) is 23.4 Å². The van der Waals surface area contributed by atoms with Gasteiger partial charge < -0.3 is 15.0 Å². The summed E-state index contributed by atoms with van der Waals surface area (Å²) in [7, 11) is 0. The van der Waals surface area contributed by atoms with E-state index in [1.54, 1.807) is 29.4 Å². The number of nitrogens with one attached hydrogen (secondary N) is 1. The molecule has 3 heterocycles. The third-order valence-electron chi connectivity index (χ3n) is 7.45. The van der Waals surface area contributed by atoms with Gasteiger partial charge in [-0.15, -0.1) is 0 Å². The Balaban J connectivity index is 1.32. The third-order valence-corrected chi connectivity index (χ3v) is 7.45. The monoisotopic (exact) mass is 600 g/mol. The third kappa shape index (κ3) is 7.23. The Bertz CT molecular complexity index is 1590. The average molecular weight is 601 g/mol. The first kappa shape index (κ1) is 30.7. The van der Waals surface area contributed by atoms with Gasteiger partial charge in [-0.25, -0.2) is 19.3 Å². The second-order valence-electron chi connectivity index (χ2n) is 11.1. The molecule has 1 aliphatic rings. The molecule has 2 amide bonds. The highest BCUT2D eigenvalue weighted by molar-refractivity contribution is 5.89. The molecule has 11 heteroatoms. The van der Waals surface area contributed by atoms with Crippen LogP contribution in [0.15, 0.2) is 79.3 Å². The highest BCUT2D eigenvalue weighted by atomic mass is 19.1. The van der Waals surface area contributed by atoms with E-state index in [9.17, 15) is 14.0 Å². The Morgan fingerprint density at radius 3 is 2.41 bits per heavy atom. The molecule has 0 bridgehead atoms. The van der Waals surface area contributed by atoms with E-state index in [1.165, 1.54) is 24.4 Å². The first-order valence-corrected chi connectivity index (χ1v) is 14.4. The summed E-state index contributed by atoms with van der Waals surface area (Å²) in [6.45, 7) is 6.53. The van der Waals surface area contributed by atoms with Gasteiger partial charge in [0.05, 0.1) is 6.20 Å². The molecule has 0 unspecified atom stereocenters. The maximum atomic E-state index is 15.1. The number of carbonyl (C=O) groups is 2. The lowest BCUT2D eigenvalue weighted by Gasteiger charge is -2.45. The molecule has 1 fully saturated rings. The molecule has 228 valence electrons. The Labute approximate surface area is 254 Å². The molecular weight excluding hydrogens is 566 g/mol. The van der Waals surface area contributed by atoms with E-state index < -0.39 is 17.8 Å². The van der Waals surface area contributed by atoms with Crippen LogP contribution in [0.5, 0.6) is 11.5 Å². The molecule has 44 heavy (non-hydrogen) atoms. The summed E-state index contributed by atoms with van der Waals surface area (Å²) in [4.78, 5) is 42.6. The van der Waals surface area contributed by atoms with Crippen molar-refractivity contribution in [1.82, 2.24) is 30.1 Å². The molecule has 1 N–H and O–H groups in total. The fourth-order valence-electron chi connectivity index (χ4n) is 5.27. The summed E-state index contributed by atoms with van der Waals surface area (Å²) in [6.07, 6.45) is 4.59. The Morgan fingerprint density at radius 2 is 1.73 bits per heavy atom. The number of hydrogen-bond donors (Lipinski definition) is 1. The van der Waals surface area contributed by atoms with E-state index in [0.29, 0.717) is 12.4 Å². The lowest BCUT2D eigenvalue weighted by molar-refractivity contribution is -0.150. The minimum absolute atomic E-state index is 0.122. The van der Waals surface area contributed by atoms with Gasteiger partial charge in [0.15, 0.2) is 5.82 Å². The van der Waals surface area contributed by atoms with Crippen molar-refractivity contribution in [1.29, 1.82) is 0 Å². The van der Waals surface area contributed by atoms with E-state index in [-0.39, 0.29) is 60.5 Å². The summed E-state index contributed by atoms with van der Waals surface area (Å²) in [6, 6.07) is 15.3. The number of rotatable bonds is 9. The number of carbonyl (C=O) groups excluding carboxylic acids is 2. The first-order chi connectivity index (χ1) is 21.2. The molecule has 1 aliphatic heterocycles. The zero-order chi connectivity index (χ0) is 31.2. The van der Waals surface area contributed by atoms with Crippen LogP contribution in [0.1, 0.15) is 31.9 Å². The van der Waals surface area contributed by atoms with Crippen LogP contribution in [0, 0.1) is 17.7 Å². The van der Waals surface area contributed by atoms with Crippen LogP contribution in [0.4, 0.5) is 8.78 Å². The van der Waals surface area contributed by atoms with E-state index in [0.717, 1.165) is 17.2 Å². The molecule has 0 aliphatic carbocycles. The van der Waals surface area contributed by atoms with Crippen LogP contribution in [0.25, 0.3) is 11.4 Å². The van der Waals surface area contributed by atoms with Gasteiger partial charge in [0, 0.05) is 61.7 Å². The highest BCUT2D eigenvalue weighted by Gasteiger charge is 2.40. The van der Waals surface area contributed by atoms with Crippen molar-refractivity contribution in [2.24, 2.45) is 5.92 Å². The van der Waals surface area contributed by atoms with Crippen molar-refractivity contribution in [2.75, 3.05) is 13.1 Å². The molecule has 5 rings (SSSR count). The van der Waals surface area contributed by atoms with Crippen molar-refractivity contribution >= 4 is 11.8 Å². The number of pyridine rings is 1. The number of halogens is 2. The number of amides is 2. The number of ether oxygens (including phenoxy) is 1. The van der Waals surface area contributed by atoms with Crippen LogP contribution in [-0.2, 0) is 22.7 Å². The topological polar surface area (TPSA) is 101 Å². The summed E-state index contributed by atoms with van der Waals surface area (Å²) in [5.74, 6) is -0.712. The molecule has 2 atom stereocenters. The standard InChI is InChI=1S/C33H34F2N6O3/c1-21(2)33(43)41-22(3)18-40(19-26-27(34)6-4-7-29(26)44-25-12-13-30(35)38-17-25)20-28(41)32(42)39-16-23-8-10-24(11-9-23)31-36-14-5-15-37-31/h4-15,17,21-22,28H,16,18-20H2,1-3H3,(H,39,42)/t22-,28-/m1/s1. The highest BCUT2D eigenvalue weighted by Crippen LogP contribution is 2.30. The summed E-state index contributed by atoms with van der Waals surface area (Å²) >= 11 is 0. The molecule has 1 saturated heterocycles. The van der Waals surface area contributed by atoms with Crippen molar-refractivity contribution < 1.29 is 23.1 Å². The summed E-state index contributed by atoms with van der Waals surface area (Å²) < 4.78 is 34.3. The molecule has 2 aromatic heterocycles. The second kappa shape index (κ2) is 13.7. The lowest BCUT2D eigenvalue weighted by atomic mass is 10.0. The van der Waals surface area contributed by atoms with Crippen LogP contribution < -0.4 is 10.1 Å². The first-order valence-electron chi connectivity index (χ1n) is 14.4. The molecule has 2 aromatic carbocycles. The summed E-state index contributed by atoms with van der Waals surface area (Å²) in [5, 5.41) is 2.99. The van der Waals surface area contributed by atoms with E-state index in [2.05, 4.69) is 20.3 Å². The van der Waals surface area contributed by atoms with Crippen molar-refractivity contribution in [3.05, 3.63) is 102 Å². The minimum atomic E-state index is -0.789. The van der Waals surface area contributed by atoms with Crippen LogP contribution in [0.2, 0.25) is 0 Å². The van der Waals surface area contributed by atoms with E-state index in [1.807, 2.05) is 49.9 Å². The SMILES string of the molecule is CC(C)C(=O)N1[C@H](C)CN(Cc2c(F)cccc2Oc2ccc(F)nc2)C[C@@H]1C(=O)NCc1ccc(-c2ncccn2)cc1. The number of benzene rings is 2. The van der Waals surface area contributed by atoms with E-state index in [4.69, 9.17) is 4.74 Å². The lowest BCUT2D eigenvalue weighted by Crippen LogP contribution is -2.64. The molecule has 0 spiro atoms. The maximum absolute atomic E-state index is 15.1. The van der Waals surface area contributed by atoms with Crippen LogP contribution >= 0.6 is 0 Å². The molecular formula is C33H34F2N6O3. The number of piperazine rings is 1. The fourth-order valence-corrected chi connectivity index (χ4v) is 5.27. The van der Waals surface area contributed by atoms with Crippen molar-refractivity contribution in [2.45, 2.75) is 45.9 Å². The smallest absolute Gasteiger partial charge is 0.244 e. The molecule has 0 radical (unpaired) electrons. The van der Waals surface area contributed by atoms with Gasteiger partial charge in [-0.1, -0.05) is 44.2 Å². The Morgan fingerprint density at radius 1 is 0.977 bits per heavy atom. The fraction of sp³-hybridized carbons (Fsp3) is 0.303. The quantitative estimate of drug-likeness (QED) is 0.271.